The van der Waals surface area contributed by atoms with Gasteiger partial charge in [-0.1, -0.05) is 72.5 Å². The maximum atomic E-state index is 6.10. The first-order chi connectivity index (χ1) is 12.3. The summed E-state index contributed by atoms with van der Waals surface area (Å²) in [6.07, 6.45) is -0.300. The molecule has 0 aliphatic carbocycles. The number of ether oxygens (including phenoxy) is 2. The van der Waals surface area contributed by atoms with Crippen molar-refractivity contribution in [1.29, 1.82) is 0 Å². The predicted octanol–water partition coefficient (Wildman–Crippen LogP) is 5.00. The van der Waals surface area contributed by atoms with Crippen molar-refractivity contribution in [3.63, 3.8) is 0 Å². The smallest absolute Gasteiger partial charge is 0.144 e. The van der Waals surface area contributed by atoms with Gasteiger partial charge in [0, 0.05) is 5.56 Å². The van der Waals surface area contributed by atoms with E-state index >= 15 is 0 Å². The standard InChI is InChI=1S/C23H20O2/c1-24-22-15-13-21(14-16-22)23(17-12-19-8-4-2-5-9-19)25-18-20-10-6-3-7-11-20/h2-11,13-16,23H,18H2,1H3. The Kier molecular flexibility index (Phi) is 5.87. The molecule has 2 nitrogen and oxygen atoms in total. The molecule has 25 heavy (non-hydrogen) atoms. The molecule has 0 aliphatic rings. The van der Waals surface area contributed by atoms with E-state index < -0.39 is 0 Å². The van der Waals surface area contributed by atoms with Gasteiger partial charge in [-0.3, -0.25) is 0 Å². The van der Waals surface area contributed by atoms with E-state index in [1.54, 1.807) is 7.11 Å². The summed E-state index contributed by atoms with van der Waals surface area (Å²) in [6, 6.07) is 27.9. The highest BCUT2D eigenvalue weighted by Crippen LogP contribution is 2.22. The Morgan fingerprint density at radius 3 is 2.08 bits per heavy atom. The third-order valence-electron chi connectivity index (χ3n) is 3.80. The Morgan fingerprint density at radius 1 is 0.800 bits per heavy atom. The Balaban J connectivity index is 1.81. The number of rotatable bonds is 5. The fraction of sp³-hybridized carbons (Fsp3) is 0.130. The predicted molar refractivity (Wildman–Crippen MR) is 100 cm³/mol. The molecule has 3 aromatic rings. The fourth-order valence-corrected chi connectivity index (χ4v) is 2.42. The van der Waals surface area contributed by atoms with E-state index in [9.17, 15) is 0 Å². The van der Waals surface area contributed by atoms with Gasteiger partial charge in [0.25, 0.3) is 0 Å². The lowest BCUT2D eigenvalue weighted by molar-refractivity contribution is 0.0781. The van der Waals surface area contributed by atoms with E-state index in [1.807, 2.05) is 72.8 Å². The first kappa shape index (κ1) is 16.8. The lowest BCUT2D eigenvalue weighted by Crippen LogP contribution is -2.03. The molecular formula is C23H20O2. The van der Waals surface area contributed by atoms with E-state index in [0.29, 0.717) is 6.61 Å². The minimum Gasteiger partial charge on any atom is -0.497 e. The van der Waals surface area contributed by atoms with Gasteiger partial charge in [-0.25, -0.2) is 0 Å². The molecule has 3 aromatic carbocycles. The van der Waals surface area contributed by atoms with Crippen LogP contribution in [0.1, 0.15) is 22.8 Å². The molecule has 0 N–H and O–H groups in total. The summed E-state index contributed by atoms with van der Waals surface area (Å²) in [5, 5.41) is 0. The van der Waals surface area contributed by atoms with Crippen molar-refractivity contribution in [2.45, 2.75) is 12.7 Å². The molecule has 2 heteroatoms. The average molecular weight is 328 g/mol. The maximum Gasteiger partial charge on any atom is 0.144 e. The van der Waals surface area contributed by atoms with Gasteiger partial charge >= 0.3 is 0 Å². The highest BCUT2D eigenvalue weighted by Gasteiger charge is 2.09. The lowest BCUT2D eigenvalue weighted by Gasteiger charge is -2.13. The molecule has 0 amide bonds. The minimum absolute atomic E-state index is 0.300. The first-order valence-electron chi connectivity index (χ1n) is 8.21. The van der Waals surface area contributed by atoms with E-state index in [-0.39, 0.29) is 6.10 Å². The van der Waals surface area contributed by atoms with Crippen molar-refractivity contribution >= 4 is 0 Å². The first-order valence-corrected chi connectivity index (χ1v) is 8.21. The molecule has 124 valence electrons. The summed E-state index contributed by atoms with van der Waals surface area (Å²) in [5.74, 6) is 7.27. The van der Waals surface area contributed by atoms with E-state index in [4.69, 9.17) is 9.47 Å². The zero-order valence-electron chi connectivity index (χ0n) is 14.2. The van der Waals surface area contributed by atoms with E-state index in [0.717, 1.165) is 22.4 Å². The van der Waals surface area contributed by atoms with Crippen LogP contribution in [0.3, 0.4) is 0 Å². The van der Waals surface area contributed by atoms with Gasteiger partial charge in [0.15, 0.2) is 0 Å². The summed E-state index contributed by atoms with van der Waals surface area (Å²) in [6.45, 7) is 0.515. The third-order valence-corrected chi connectivity index (χ3v) is 3.80. The molecule has 0 aliphatic heterocycles. The van der Waals surface area contributed by atoms with Crippen LogP contribution in [0.15, 0.2) is 84.9 Å². The van der Waals surface area contributed by atoms with Crippen molar-refractivity contribution in [3.8, 4) is 17.6 Å². The number of hydrogen-bond donors (Lipinski definition) is 0. The summed E-state index contributed by atoms with van der Waals surface area (Å²) in [4.78, 5) is 0. The van der Waals surface area contributed by atoms with Crippen LogP contribution in [0.5, 0.6) is 5.75 Å². The molecule has 0 saturated heterocycles. The Morgan fingerprint density at radius 2 is 1.44 bits per heavy atom. The van der Waals surface area contributed by atoms with Gasteiger partial charge in [-0.15, -0.1) is 0 Å². The molecule has 0 spiro atoms. The minimum atomic E-state index is -0.300. The van der Waals surface area contributed by atoms with E-state index in [2.05, 4.69) is 24.0 Å². The quantitative estimate of drug-likeness (QED) is 0.613. The number of hydrogen-bond acceptors (Lipinski definition) is 2. The zero-order valence-corrected chi connectivity index (χ0v) is 14.2. The zero-order chi connectivity index (χ0) is 17.3. The number of methoxy groups -OCH3 is 1. The monoisotopic (exact) mass is 328 g/mol. The van der Waals surface area contributed by atoms with Crippen LogP contribution in [-0.2, 0) is 11.3 Å². The highest BCUT2D eigenvalue weighted by molar-refractivity contribution is 5.38. The molecular weight excluding hydrogens is 308 g/mol. The van der Waals surface area contributed by atoms with E-state index in [1.165, 1.54) is 0 Å². The maximum absolute atomic E-state index is 6.10. The SMILES string of the molecule is COc1ccc(C(C#Cc2ccccc2)OCc2ccccc2)cc1. The molecule has 0 heterocycles. The molecule has 3 rings (SSSR count). The van der Waals surface area contributed by atoms with Crippen molar-refractivity contribution in [2.75, 3.05) is 7.11 Å². The van der Waals surface area contributed by atoms with Crippen LogP contribution in [0.25, 0.3) is 0 Å². The Labute approximate surface area is 149 Å². The molecule has 0 radical (unpaired) electrons. The second kappa shape index (κ2) is 8.73. The molecule has 1 atom stereocenters. The molecule has 0 aromatic heterocycles. The van der Waals surface area contributed by atoms with Crippen LogP contribution in [0.4, 0.5) is 0 Å². The second-order valence-corrected chi connectivity index (χ2v) is 5.59. The van der Waals surface area contributed by atoms with Gasteiger partial charge in [0.1, 0.15) is 11.9 Å². The van der Waals surface area contributed by atoms with Crippen molar-refractivity contribution in [3.05, 3.63) is 102 Å². The second-order valence-electron chi connectivity index (χ2n) is 5.59. The highest BCUT2D eigenvalue weighted by atomic mass is 16.5. The van der Waals surface area contributed by atoms with Crippen LogP contribution in [0.2, 0.25) is 0 Å². The summed E-state index contributed by atoms with van der Waals surface area (Å²) in [7, 11) is 1.66. The van der Waals surface area contributed by atoms with Gasteiger partial charge in [0.05, 0.1) is 13.7 Å². The molecule has 0 bridgehead atoms. The molecule has 0 fully saturated rings. The number of benzene rings is 3. The van der Waals surface area contributed by atoms with Gasteiger partial charge in [-0.05, 0) is 35.4 Å². The van der Waals surface area contributed by atoms with Crippen LogP contribution in [-0.4, -0.2) is 7.11 Å². The van der Waals surface area contributed by atoms with Crippen LogP contribution < -0.4 is 4.74 Å². The molecule has 0 saturated carbocycles. The third kappa shape index (κ3) is 4.97. The molecule has 1 unspecified atom stereocenters. The van der Waals surface area contributed by atoms with Gasteiger partial charge in [0.2, 0.25) is 0 Å². The Bertz CT molecular complexity index is 828. The summed E-state index contributed by atoms with van der Waals surface area (Å²) in [5.41, 5.74) is 3.12. The summed E-state index contributed by atoms with van der Waals surface area (Å²) >= 11 is 0. The summed E-state index contributed by atoms with van der Waals surface area (Å²) < 4.78 is 11.3. The van der Waals surface area contributed by atoms with Gasteiger partial charge in [-0.2, -0.15) is 0 Å². The lowest BCUT2D eigenvalue weighted by atomic mass is 10.1. The van der Waals surface area contributed by atoms with Gasteiger partial charge < -0.3 is 9.47 Å². The Hall–Kier alpha value is -3.02. The van der Waals surface area contributed by atoms with Crippen molar-refractivity contribution in [2.24, 2.45) is 0 Å². The normalized spacial score (nSPS) is 11.2. The average Bonchev–Trinajstić information content (AvgIpc) is 2.70. The van der Waals surface area contributed by atoms with Crippen LogP contribution >= 0.6 is 0 Å². The van der Waals surface area contributed by atoms with Crippen molar-refractivity contribution < 1.29 is 9.47 Å². The topological polar surface area (TPSA) is 18.5 Å². The van der Waals surface area contributed by atoms with Crippen LogP contribution in [0, 0.1) is 11.8 Å². The fourth-order valence-electron chi connectivity index (χ4n) is 2.42. The van der Waals surface area contributed by atoms with Crippen molar-refractivity contribution in [1.82, 2.24) is 0 Å². The largest absolute Gasteiger partial charge is 0.497 e.